The molecule has 2 aliphatic heterocycles. The predicted octanol–water partition coefficient (Wildman–Crippen LogP) is 3.23. The number of nitrogens with two attached hydrogens (primary N) is 2. The monoisotopic (exact) mass is 446 g/mol. The summed E-state index contributed by atoms with van der Waals surface area (Å²) >= 11 is 0. The van der Waals surface area contributed by atoms with Gasteiger partial charge < -0.3 is 30.1 Å². The van der Waals surface area contributed by atoms with Crippen molar-refractivity contribution in [3.8, 4) is 17.1 Å². The van der Waals surface area contributed by atoms with Crippen molar-refractivity contribution in [3.63, 3.8) is 0 Å². The number of nitrogen functional groups attached to an aromatic ring is 1. The van der Waals surface area contributed by atoms with Gasteiger partial charge in [0.25, 0.3) is 6.01 Å². The Hall–Kier alpha value is -3.75. The second-order valence-electron chi connectivity index (χ2n) is 8.74. The lowest BCUT2D eigenvalue weighted by Crippen LogP contribution is -2.40. The lowest BCUT2D eigenvalue weighted by Gasteiger charge is -2.25. The zero-order valence-corrected chi connectivity index (χ0v) is 18.5. The fourth-order valence-corrected chi connectivity index (χ4v) is 5.22. The van der Waals surface area contributed by atoms with E-state index in [9.17, 15) is 4.79 Å². The number of hydrogen-bond donors (Lipinski definition) is 2. The Kier molecular flexibility index (Phi) is 4.46. The molecule has 4 aromatic rings. The lowest BCUT2D eigenvalue weighted by atomic mass is 10.1. The molecule has 0 spiro atoms. The van der Waals surface area contributed by atoms with Crippen LogP contribution in [0.15, 0.2) is 28.7 Å². The summed E-state index contributed by atoms with van der Waals surface area (Å²) in [4.78, 5) is 23.5. The van der Waals surface area contributed by atoms with Crippen molar-refractivity contribution in [3.05, 3.63) is 29.8 Å². The number of carbonyl (C=O) groups excluding carboxylic acids is 1. The van der Waals surface area contributed by atoms with Crippen LogP contribution in [0.5, 0.6) is 5.75 Å². The number of fused-ring (bicyclic) bond motifs is 1. The van der Waals surface area contributed by atoms with Crippen LogP contribution in [0, 0.1) is 0 Å². The number of aryl methyl sites for hydroxylation is 2. The Morgan fingerprint density at radius 3 is 2.85 bits per heavy atom. The fourth-order valence-electron chi connectivity index (χ4n) is 5.22. The van der Waals surface area contributed by atoms with Gasteiger partial charge >= 0.3 is 0 Å². The van der Waals surface area contributed by atoms with Crippen LogP contribution in [0.1, 0.15) is 31.7 Å². The average molecular weight is 447 g/mol. The minimum Gasteiger partial charge on any atom is -0.491 e. The maximum absolute atomic E-state index is 12.0. The number of hydrogen-bond acceptors (Lipinski definition) is 7. The standard InChI is InChI=1S/C24H26N6O3/c1-2-13-9-14(10-17-21(13)33-24(26)28-17)23-27-16-11-15(29-6-3-5-18(29)22(25)31)12-19-20(16)30(23)7-4-8-32-19/h9-12,18H,2-8H2,1H3,(H2,25,31)(H2,26,28)/t18-/m0/s1. The number of aromatic nitrogens is 3. The van der Waals surface area contributed by atoms with E-state index in [0.717, 1.165) is 89.3 Å². The Morgan fingerprint density at radius 1 is 1.15 bits per heavy atom. The second kappa shape index (κ2) is 7.40. The van der Waals surface area contributed by atoms with Crippen molar-refractivity contribution in [1.82, 2.24) is 14.5 Å². The summed E-state index contributed by atoms with van der Waals surface area (Å²) in [5, 5.41) is 0. The molecule has 1 amide bonds. The summed E-state index contributed by atoms with van der Waals surface area (Å²) in [6, 6.07) is 8.02. The number of anilines is 2. The molecule has 9 heteroatoms. The quantitative estimate of drug-likeness (QED) is 0.493. The van der Waals surface area contributed by atoms with Crippen LogP contribution in [0.3, 0.4) is 0 Å². The minimum absolute atomic E-state index is 0.165. The van der Waals surface area contributed by atoms with Gasteiger partial charge in [-0.25, -0.2) is 4.98 Å². The minimum atomic E-state index is -0.297. The van der Waals surface area contributed by atoms with Crippen LogP contribution in [0.2, 0.25) is 0 Å². The van der Waals surface area contributed by atoms with Gasteiger partial charge in [0.1, 0.15) is 28.6 Å². The van der Waals surface area contributed by atoms with Crippen molar-refractivity contribution in [2.75, 3.05) is 23.8 Å². The van der Waals surface area contributed by atoms with Gasteiger partial charge in [0.15, 0.2) is 5.58 Å². The first-order valence-electron chi connectivity index (χ1n) is 11.5. The summed E-state index contributed by atoms with van der Waals surface area (Å²) in [6.07, 6.45) is 3.36. The number of benzene rings is 2. The van der Waals surface area contributed by atoms with Crippen LogP contribution >= 0.6 is 0 Å². The molecule has 0 radical (unpaired) electrons. The Bertz CT molecular complexity index is 1400. The molecule has 9 nitrogen and oxygen atoms in total. The Morgan fingerprint density at radius 2 is 2.03 bits per heavy atom. The highest BCUT2D eigenvalue weighted by Gasteiger charge is 2.31. The van der Waals surface area contributed by atoms with E-state index in [1.807, 2.05) is 18.2 Å². The normalized spacial score (nSPS) is 18.1. The number of imidazole rings is 1. The van der Waals surface area contributed by atoms with E-state index in [1.54, 1.807) is 0 Å². The molecule has 1 atom stereocenters. The van der Waals surface area contributed by atoms with Gasteiger partial charge in [-0.1, -0.05) is 6.92 Å². The maximum Gasteiger partial charge on any atom is 0.292 e. The van der Waals surface area contributed by atoms with E-state index < -0.39 is 0 Å². The molecule has 33 heavy (non-hydrogen) atoms. The van der Waals surface area contributed by atoms with Gasteiger partial charge in [-0.15, -0.1) is 0 Å². The van der Waals surface area contributed by atoms with Crippen LogP contribution in [0.4, 0.5) is 11.7 Å². The van der Waals surface area contributed by atoms with Crippen LogP contribution < -0.4 is 21.1 Å². The fraction of sp³-hybridized carbons (Fsp3) is 0.375. The SMILES string of the molecule is CCc1cc(-c2nc3cc(N4CCC[C@H]4C(N)=O)cc4c3n2CCCO4)cc2nc(N)oc12. The van der Waals surface area contributed by atoms with Crippen molar-refractivity contribution in [2.45, 2.75) is 45.2 Å². The Labute approximate surface area is 190 Å². The summed E-state index contributed by atoms with van der Waals surface area (Å²) in [5.74, 6) is 1.36. The third-order valence-electron chi connectivity index (χ3n) is 6.71. The van der Waals surface area contributed by atoms with Gasteiger partial charge in [0.05, 0.1) is 12.1 Å². The molecule has 1 fully saturated rings. The smallest absolute Gasteiger partial charge is 0.292 e. The zero-order valence-electron chi connectivity index (χ0n) is 18.5. The van der Waals surface area contributed by atoms with Gasteiger partial charge in [-0.3, -0.25) is 4.79 Å². The van der Waals surface area contributed by atoms with E-state index in [1.165, 1.54) is 0 Å². The first-order valence-corrected chi connectivity index (χ1v) is 11.5. The third kappa shape index (κ3) is 3.10. The highest BCUT2D eigenvalue weighted by molar-refractivity contribution is 5.92. The first-order chi connectivity index (χ1) is 16.0. The summed E-state index contributed by atoms with van der Waals surface area (Å²) in [7, 11) is 0. The van der Waals surface area contributed by atoms with Crippen LogP contribution in [-0.2, 0) is 17.8 Å². The topological polar surface area (TPSA) is 125 Å². The second-order valence-corrected chi connectivity index (χ2v) is 8.74. The largest absolute Gasteiger partial charge is 0.491 e. The van der Waals surface area contributed by atoms with Crippen LogP contribution in [-0.4, -0.2) is 39.6 Å². The number of oxazole rings is 1. The summed E-state index contributed by atoms with van der Waals surface area (Å²) in [6.45, 7) is 4.29. The van der Waals surface area contributed by atoms with Gasteiger partial charge in [-0.2, -0.15) is 4.98 Å². The summed E-state index contributed by atoms with van der Waals surface area (Å²) < 4.78 is 14.0. The van der Waals surface area contributed by atoms with Crippen molar-refractivity contribution < 1.29 is 13.9 Å². The molecule has 0 aliphatic carbocycles. The predicted molar refractivity (Wildman–Crippen MR) is 126 cm³/mol. The number of primary amides is 1. The van der Waals surface area contributed by atoms with Crippen molar-refractivity contribution >= 4 is 39.7 Å². The molecule has 2 aromatic carbocycles. The van der Waals surface area contributed by atoms with Gasteiger partial charge in [0, 0.05) is 30.4 Å². The van der Waals surface area contributed by atoms with E-state index in [4.69, 9.17) is 25.6 Å². The van der Waals surface area contributed by atoms with Gasteiger partial charge in [-0.05, 0) is 49.4 Å². The average Bonchev–Trinajstić information content (AvgIpc) is 3.48. The zero-order chi connectivity index (χ0) is 22.7. The highest BCUT2D eigenvalue weighted by atomic mass is 16.5. The van der Waals surface area contributed by atoms with E-state index in [-0.39, 0.29) is 18.0 Å². The molecule has 6 rings (SSSR count). The first kappa shape index (κ1) is 19.9. The molecule has 4 heterocycles. The van der Waals surface area contributed by atoms with Gasteiger partial charge in [0.2, 0.25) is 5.91 Å². The maximum atomic E-state index is 12.0. The summed E-state index contributed by atoms with van der Waals surface area (Å²) in [5.41, 5.74) is 17.7. The van der Waals surface area contributed by atoms with E-state index >= 15 is 0 Å². The molecular formula is C24H26N6O3. The number of rotatable bonds is 4. The number of carbonyl (C=O) groups is 1. The van der Waals surface area contributed by atoms with Crippen molar-refractivity contribution in [1.29, 1.82) is 0 Å². The molecule has 170 valence electrons. The molecule has 4 N–H and O–H groups in total. The third-order valence-corrected chi connectivity index (χ3v) is 6.71. The molecule has 0 saturated carbocycles. The molecule has 1 saturated heterocycles. The molecule has 0 unspecified atom stereocenters. The molecule has 2 aromatic heterocycles. The molecule has 0 bridgehead atoms. The molecular weight excluding hydrogens is 420 g/mol. The van der Waals surface area contributed by atoms with Crippen molar-refractivity contribution in [2.24, 2.45) is 5.73 Å². The highest BCUT2D eigenvalue weighted by Crippen LogP contribution is 2.39. The number of ether oxygens (including phenoxy) is 1. The van der Waals surface area contributed by atoms with E-state index in [0.29, 0.717) is 6.61 Å². The number of nitrogens with zero attached hydrogens (tertiary/aromatic N) is 4. The lowest BCUT2D eigenvalue weighted by molar-refractivity contribution is -0.119. The van der Waals surface area contributed by atoms with Crippen LogP contribution in [0.25, 0.3) is 33.5 Å². The Balaban J connectivity index is 1.55. The number of amides is 1. The van der Waals surface area contributed by atoms with E-state index in [2.05, 4.69) is 27.4 Å². The molecule has 2 aliphatic rings.